The molecule has 4 heteroatoms. The molecule has 4 aliphatic rings. The van der Waals surface area contributed by atoms with Crippen molar-refractivity contribution < 1.29 is 0 Å². The number of rotatable bonds is 6. The third kappa shape index (κ3) is 10.6. The molecule has 24 aromatic carbocycles. The Hall–Kier alpha value is -16.0. The molecule has 0 saturated heterocycles. The van der Waals surface area contributed by atoms with Gasteiger partial charge in [0.2, 0.25) is 0 Å². The molecule has 6 unspecified atom stereocenters. The first-order valence-corrected chi connectivity index (χ1v) is 56.9. The number of fused-ring (bicyclic) bond motifs is 40. The van der Waals surface area contributed by atoms with Gasteiger partial charge in [0.25, 0.3) is 0 Å². The number of aryl methyl sites for hydroxylation is 4. The Morgan fingerprint density at radius 3 is 0.789 bits per heavy atom. The zero-order chi connectivity index (χ0) is 93.4. The lowest BCUT2D eigenvalue weighted by Gasteiger charge is -2.31. The van der Waals surface area contributed by atoms with E-state index < -0.39 is 41.0 Å². The molecule has 4 heterocycles. The van der Waals surface area contributed by atoms with Crippen LogP contribution in [0, 0.1) is 0 Å². The highest BCUT2D eigenvalue weighted by atomic mass is 31.1. The van der Waals surface area contributed by atoms with Gasteiger partial charge in [0, 0.05) is 51.7 Å². The van der Waals surface area contributed by atoms with E-state index in [4.69, 9.17) is 0 Å². The minimum absolute atomic E-state index is 0.463. The van der Waals surface area contributed by atoms with Crippen molar-refractivity contribution in [2.75, 3.05) is 0 Å². The smallest absolute Gasteiger partial charge is 0.0731 e. The quantitative estimate of drug-likeness (QED) is 0.146. The Kier molecular flexibility index (Phi) is 17.3. The van der Waals surface area contributed by atoms with Gasteiger partial charge in [-0.2, -0.15) is 0 Å². The van der Waals surface area contributed by atoms with Gasteiger partial charge in [-0.25, -0.2) is 0 Å². The summed E-state index contributed by atoms with van der Waals surface area (Å²) in [5.41, 5.74) is 36.3. The van der Waals surface area contributed by atoms with Crippen LogP contribution in [0.4, 0.5) is 0 Å². The average Bonchev–Trinajstić information content (AvgIpc) is 1.50. The summed E-state index contributed by atoms with van der Waals surface area (Å²) in [6, 6.07) is 178. The molecule has 32 rings (SSSR count). The lowest BCUT2D eigenvalue weighted by molar-refractivity contribution is 0.801. The molecule has 0 saturated carbocycles. The molecular weight excluding hydrogens is 1780 g/mol. The summed E-state index contributed by atoms with van der Waals surface area (Å²) in [6.07, 6.45) is 0. The Bertz CT molecular complexity index is 10200. The van der Waals surface area contributed by atoms with Crippen LogP contribution in [-0.2, 0) is 37.5 Å². The summed E-state index contributed by atoms with van der Waals surface area (Å²) >= 11 is 0. The molecule has 0 nitrogen and oxygen atoms in total. The number of hydrogen-bond acceptors (Lipinski definition) is 0. The van der Waals surface area contributed by atoms with Crippen molar-refractivity contribution in [3.8, 4) is 111 Å². The van der Waals surface area contributed by atoms with Gasteiger partial charge >= 0.3 is 0 Å². The summed E-state index contributed by atoms with van der Waals surface area (Å²) in [6.45, 7) is 9.81. The van der Waals surface area contributed by atoms with E-state index in [9.17, 15) is 0 Å². The predicted octanol–water partition coefficient (Wildman–Crippen LogP) is 40.3. The van der Waals surface area contributed by atoms with Crippen molar-refractivity contribution >= 4 is 179 Å². The Labute approximate surface area is 826 Å². The first-order chi connectivity index (χ1) is 70.2. The van der Waals surface area contributed by atoms with Crippen LogP contribution in [-0.4, -0.2) is 0 Å². The van der Waals surface area contributed by atoms with E-state index in [1.54, 1.807) is 0 Å². The Balaban J connectivity index is 0.000000130. The molecule has 660 valence electrons. The van der Waals surface area contributed by atoms with Crippen LogP contribution in [0.25, 0.3) is 260 Å². The summed E-state index contributed by atoms with van der Waals surface area (Å²) in [4.78, 5) is 0. The second-order valence-corrected chi connectivity index (χ2v) is 48.0. The van der Waals surface area contributed by atoms with Gasteiger partial charge in [-0.1, -0.05) is 449 Å². The molecule has 4 aliphatic carbocycles. The Morgan fingerprint density at radius 2 is 0.394 bits per heavy atom. The molecule has 0 radical (unpaired) electrons. The summed E-state index contributed by atoms with van der Waals surface area (Å²) in [5.74, 6) is 0. The van der Waals surface area contributed by atoms with Gasteiger partial charge in [-0.15, -0.1) is 30.1 Å². The van der Waals surface area contributed by atoms with E-state index in [1.165, 1.54) is 304 Å². The third-order valence-corrected chi connectivity index (χ3v) is 42.4. The fraction of sp³-hybridized carbons (Fsp3) is 0.0435. The highest BCUT2D eigenvalue weighted by Crippen LogP contribution is 2.70. The fourth-order valence-electron chi connectivity index (χ4n) is 28.0. The van der Waals surface area contributed by atoms with Crippen LogP contribution in [0.3, 0.4) is 0 Å². The minimum atomic E-state index is -0.551. The molecule has 0 bridgehead atoms. The molecule has 0 aliphatic heterocycles. The van der Waals surface area contributed by atoms with Crippen molar-refractivity contribution in [3.05, 3.63) is 506 Å². The molecule has 0 fully saturated rings. The molecule has 0 amide bonds. The van der Waals surface area contributed by atoms with Gasteiger partial charge < -0.3 is 0 Å². The van der Waals surface area contributed by atoms with Gasteiger partial charge in [0.15, 0.2) is 0 Å². The molecule has 4 aromatic heterocycles. The molecule has 142 heavy (non-hydrogen) atoms. The highest BCUT2D eigenvalue weighted by Gasteiger charge is 2.55. The molecule has 2 spiro atoms. The first-order valence-electron chi connectivity index (χ1n) is 49.8. The third-order valence-electron chi connectivity index (χ3n) is 33.5. The zero-order valence-corrected chi connectivity index (χ0v) is 82.2. The summed E-state index contributed by atoms with van der Waals surface area (Å²) < 4.78 is 0. The lowest BCUT2D eigenvalue weighted by atomic mass is 9.69. The predicted molar refractivity (Wildman–Crippen MR) is 618 cm³/mol. The van der Waals surface area contributed by atoms with Crippen molar-refractivity contribution in [2.45, 2.75) is 10.8 Å². The maximum absolute atomic E-state index is 2.58. The number of hydrogen-bond donors (Lipinski definition) is 0. The van der Waals surface area contributed by atoms with Crippen LogP contribution in [0.15, 0.2) is 461 Å². The maximum Gasteiger partial charge on any atom is 0.0731 e. The van der Waals surface area contributed by atoms with Crippen molar-refractivity contribution in [1.82, 2.24) is 0 Å². The monoisotopic (exact) mass is 1870 g/mol. The van der Waals surface area contributed by atoms with Crippen LogP contribution < -0.4 is 0 Å². The van der Waals surface area contributed by atoms with Crippen LogP contribution in [0.5, 0.6) is 0 Å². The second kappa shape index (κ2) is 30.3. The first kappa shape index (κ1) is 80.9. The molecular formula is C138H88P4. The van der Waals surface area contributed by atoms with Crippen LogP contribution in [0.2, 0.25) is 0 Å². The lowest BCUT2D eigenvalue weighted by Crippen LogP contribution is -2.26. The summed E-state index contributed by atoms with van der Waals surface area (Å²) in [5, 5.41) is 38.4. The van der Waals surface area contributed by atoms with E-state index in [2.05, 4.69) is 488 Å². The van der Waals surface area contributed by atoms with E-state index in [0.29, 0.717) is 0 Å². The minimum Gasteiger partial charge on any atom is -0.112 e. The molecule has 6 atom stereocenters. The topological polar surface area (TPSA) is 0 Å². The van der Waals surface area contributed by atoms with Gasteiger partial charge in [-0.05, 0) is 292 Å². The van der Waals surface area contributed by atoms with Crippen molar-refractivity contribution in [3.63, 3.8) is 0 Å². The van der Waals surface area contributed by atoms with E-state index in [-0.39, 0.29) is 0 Å². The number of benzene rings is 24. The van der Waals surface area contributed by atoms with E-state index in [0.717, 1.165) is 0 Å². The van der Waals surface area contributed by atoms with Crippen LogP contribution >= 0.6 is 30.1 Å². The van der Waals surface area contributed by atoms with Crippen molar-refractivity contribution in [2.24, 2.45) is 26.7 Å². The van der Waals surface area contributed by atoms with Gasteiger partial charge in [0.1, 0.15) is 0 Å². The maximum atomic E-state index is 2.58. The normalized spacial score (nSPS) is 15.2. The van der Waals surface area contributed by atoms with Crippen molar-refractivity contribution in [1.29, 1.82) is 0 Å². The SMILES string of the molecule is Cp1c2ccccc2c2c(-c3cccc4c(-c5cccc6c5-c5ccccc5C65c6ccccc6-c6ccc7ccccc7c65)c5cccc(-c6cccc7c6c6ccccc6p7C)c5cc34)cccc21.Cp1c2ccccc2c2cccc(-c3cccc4c(-c5cccc6c5-c5ccccc5C65c6ccccc6-c6ccc7ccccc7c65)c5cccc(-c6cccc7c8ccccc8p(C)c67)c5cc34)c21. The highest BCUT2D eigenvalue weighted by molar-refractivity contribution is 7.61. The van der Waals surface area contributed by atoms with Crippen LogP contribution in [0.1, 0.15) is 44.5 Å². The Morgan fingerprint density at radius 1 is 0.141 bits per heavy atom. The average molecular weight is 1870 g/mol. The second-order valence-electron chi connectivity index (χ2n) is 39.8. The largest absolute Gasteiger partial charge is 0.112 e. The van der Waals surface area contributed by atoms with E-state index >= 15 is 0 Å². The molecule has 0 N–H and O–H groups in total. The molecule has 28 aromatic rings. The zero-order valence-electron chi connectivity index (χ0n) is 78.7. The van der Waals surface area contributed by atoms with Gasteiger partial charge in [0.05, 0.1) is 10.8 Å². The summed E-state index contributed by atoms with van der Waals surface area (Å²) in [7, 11) is -2.03. The standard InChI is InChI=1S/2C69H44P2/c1-70-62-36-11-7-21-46(62)53-30-15-28-51(67(53)70)43-24-13-26-48-57(43)40-58-44(52-29-16-31-54-47-22-8-12-37-63(47)71(2)68(52)54)25-14-27-49(58)64(48)56-32-17-35-61-65(56)55-23-6-10-34-60(55)69(61)59-33-9-5-20-45(59)50-39-38-41-18-3-4-19-42(41)66(50)69;1-70-60-34-11-7-22-52(60)66-46(28-16-36-62(66)70)43-24-13-26-48-55(43)40-56-44(47-29-17-37-63-67(47)53-23-8-12-35-61(53)71(63)2)25-14-27-49(56)64(48)54-30-15-33-59-65(54)51-21-6-10-32-58(51)69(59)57-31-9-5-20-45(57)50-39-38-41-18-3-4-19-42(41)68(50)69/h2*3-40H,1-2H3. The fourth-order valence-corrected chi connectivity index (χ4v) is 36.4. The van der Waals surface area contributed by atoms with Gasteiger partial charge in [-0.3, -0.25) is 0 Å². The van der Waals surface area contributed by atoms with E-state index in [1.807, 2.05) is 0 Å².